The zero-order valence-corrected chi connectivity index (χ0v) is 18.2. The molecule has 1 N–H and O–H groups in total. The molecule has 1 atom stereocenters. The summed E-state index contributed by atoms with van der Waals surface area (Å²) in [4.78, 5) is 27.0. The number of rotatable bonds is 4. The highest BCUT2D eigenvalue weighted by Gasteiger charge is 2.34. The highest BCUT2D eigenvalue weighted by Crippen LogP contribution is 2.42. The average Bonchev–Trinajstić information content (AvgIpc) is 3.10. The number of halogens is 1. The van der Waals surface area contributed by atoms with Crippen molar-refractivity contribution in [2.24, 2.45) is 0 Å². The summed E-state index contributed by atoms with van der Waals surface area (Å²) < 4.78 is 0.855. The standard InChI is InChI=1S/C23H19BrN2O2S/c1-15-5-2-10-20(11-15)26-21(27)14-29-23(26)17-7-4-9-19(13-17)25-22(28)16-6-3-8-18(24)12-16/h2-13,23H,14H2,1H3,(H,25,28)/t23-/m1/s1. The van der Waals surface area contributed by atoms with Crippen LogP contribution in [0.5, 0.6) is 0 Å². The number of thioether (sulfide) groups is 1. The Labute approximate surface area is 182 Å². The van der Waals surface area contributed by atoms with Crippen LogP contribution in [0, 0.1) is 6.92 Å². The van der Waals surface area contributed by atoms with Crippen LogP contribution in [-0.2, 0) is 4.79 Å². The van der Waals surface area contributed by atoms with E-state index in [1.54, 1.807) is 23.9 Å². The molecule has 4 nitrogen and oxygen atoms in total. The first kappa shape index (κ1) is 19.7. The lowest BCUT2D eigenvalue weighted by atomic mass is 10.1. The number of carbonyl (C=O) groups is 2. The Morgan fingerprint density at radius 3 is 2.66 bits per heavy atom. The van der Waals surface area contributed by atoms with Crippen LogP contribution >= 0.6 is 27.7 Å². The molecule has 146 valence electrons. The third-order valence-electron chi connectivity index (χ3n) is 4.66. The van der Waals surface area contributed by atoms with Gasteiger partial charge < -0.3 is 5.32 Å². The lowest BCUT2D eigenvalue weighted by molar-refractivity contribution is -0.115. The molecule has 4 rings (SSSR count). The van der Waals surface area contributed by atoms with Gasteiger partial charge in [-0.2, -0.15) is 0 Å². The summed E-state index contributed by atoms with van der Waals surface area (Å²) in [5.41, 5.74) is 4.28. The fraction of sp³-hybridized carbons (Fsp3) is 0.130. The molecule has 0 bridgehead atoms. The van der Waals surface area contributed by atoms with Crippen molar-refractivity contribution in [1.29, 1.82) is 0 Å². The summed E-state index contributed by atoms with van der Waals surface area (Å²) in [7, 11) is 0. The molecular weight excluding hydrogens is 448 g/mol. The third-order valence-corrected chi connectivity index (χ3v) is 6.37. The maximum atomic E-state index is 12.6. The molecule has 1 heterocycles. The number of anilines is 2. The SMILES string of the molecule is Cc1cccc(N2C(=O)CS[C@@H]2c2cccc(NC(=O)c3cccc(Br)c3)c2)c1. The van der Waals surface area contributed by atoms with Crippen molar-refractivity contribution in [3.63, 3.8) is 0 Å². The molecule has 0 spiro atoms. The Kier molecular flexibility index (Phi) is 5.74. The van der Waals surface area contributed by atoms with E-state index in [1.807, 2.05) is 72.5 Å². The first-order valence-corrected chi connectivity index (χ1v) is 11.0. The van der Waals surface area contributed by atoms with Crippen LogP contribution < -0.4 is 10.2 Å². The van der Waals surface area contributed by atoms with Crippen LogP contribution in [0.15, 0.2) is 77.3 Å². The lowest BCUT2D eigenvalue weighted by Gasteiger charge is -2.25. The van der Waals surface area contributed by atoms with Crippen molar-refractivity contribution in [3.05, 3.63) is 94.0 Å². The topological polar surface area (TPSA) is 49.4 Å². The zero-order chi connectivity index (χ0) is 20.4. The Morgan fingerprint density at radius 1 is 1.07 bits per heavy atom. The summed E-state index contributed by atoms with van der Waals surface area (Å²) in [5.74, 6) is 0.357. The average molecular weight is 467 g/mol. The van der Waals surface area contributed by atoms with Gasteiger partial charge in [0, 0.05) is 21.4 Å². The molecule has 2 amide bonds. The van der Waals surface area contributed by atoms with E-state index in [1.165, 1.54) is 0 Å². The smallest absolute Gasteiger partial charge is 0.255 e. The summed E-state index contributed by atoms with van der Waals surface area (Å²) in [6.45, 7) is 2.02. The van der Waals surface area contributed by atoms with Crippen molar-refractivity contribution >= 4 is 50.9 Å². The summed E-state index contributed by atoms with van der Waals surface area (Å²) >= 11 is 4.99. The van der Waals surface area contributed by atoms with Crippen LogP contribution in [0.4, 0.5) is 11.4 Å². The molecule has 1 aliphatic rings. The van der Waals surface area contributed by atoms with Gasteiger partial charge in [0.2, 0.25) is 5.91 Å². The van der Waals surface area contributed by atoms with Crippen LogP contribution in [0.25, 0.3) is 0 Å². The van der Waals surface area contributed by atoms with E-state index >= 15 is 0 Å². The van der Waals surface area contributed by atoms with Crippen molar-refractivity contribution < 1.29 is 9.59 Å². The molecule has 29 heavy (non-hydrogen) atoms. The molecule has 3 aromatic rings. The predicted molar refractivity (Wildman–Crippen MR) is 122 cm³/mol. The van der Waals surface area contributed by atoms with Crippen molar-refractivity contribution in [1.82, 2.24) is 0 Å². The highest BCUT2D eigenvalue weighted by molar-refractivity contribution is 9.10. The van der Waals surface area contributed by atoms with E-state index in [0.29, 0.717) is 17.0 Å². The maximum Gasteiger partial charge on any atom is 0.255 e. The molecule has 3 aromatic carbocycles. The van der Waals surface area contributed by atoms with E-state index < -0.39 is 0 Å². The second-order valence-electron chi connectivity index (χ2n) is 6.86. The minimum atomic E-state index is -0.172. The molecule has 0 unspecified atom stereocenters. The molecular formula is C23H19BrN2O2S. The number of carbonyl (C=O) groups excluding carboxylic acids is 2. The molecule has 1 aliphatic heterocycles. The number of nitrogens with one attached hydrogen (secondary N) is 1. The van der Waals surface area contributed by atoms with E-state index in [4.69, 9.17) is 0 Å². The predicted octanol–water partition coefficient (Wildman–Crippen LogP) is 5.79. The molecule has 1 saturated heterocycles. The molecule has 6 heteroatoms. The van der Waals surface area contributed by atoms with Crippen LogP contribution in [0.2, 0.25) is 0 Å². The third kappa shape index (κ3) is 4.38. The van der Waals surface area contributed by atoms with E-state index in [9.17, 15) is 9.59 Å². The van der Waals surface area contributed by atoms with E-state index in [-0.39, 0.29) is 17.2 Å². The Balaban J connectivity index is 1.59. The van der Waals surface area contributed by atoms with Crippen LogP contribution in [-0.4, -0.2) is 17.6 Å². The second-order valence-corrected chi connectivity index (χ2v) is 8.84. The maximum absolute atomic E-state index is 12.6. The number of nitrogens with zero attached hydrogens (tertiary/aromatic N) is 1. The van der Waals surface area contributed by atoms with Gasteiger partial charge in [-0.15, -0.1) is 11.8 Å². The number of hydrogen-bond donors (Lipinski definition) is 1. The van der Waals surface area contributed by atoms with Gasteiger partial charge >= 0.3 is 0 Å². The number of benzene rings is 3. The second kappa shape index (κ2) is 8.43. The number of aryl methyl sites for hydroxylation is 1. The quantitative estimate of drug-likeness (QED) is 0.529. The number of amides is 2. The largest absolute Gasteiger partial charge is 0.322 e. The molecule has 0 aliphatic carbocycles. The van der Waals surface area contributed by atoms with Gasteiger partial charge in [0.05, 0.1) is 5.75 Å². The molecule has 1 fully saturated rings. The fourth-order valence-corrected chi connectivity index (χ4v) is 4.90. The first-order chi connectivity index (χ1) is 14.0. The summed E-state index contributed by atoms with van der Waals surface area (Å²) in [6, 6.07) is 22.9. The van der Waals surface area contributed by atoms with Gasteiger partial charge in [-0.1, -0.05) is 46.3 Å². The molecule has 0 radical (unpaired) electrons. The normalized spacial score (nSPS) is 16.1. The van der Waals surface area contributed by atoms with Crippen molar-refractivity contribution in [3.8, 4) is 0 Å². The summed E-state index contributed by atoms with van der Waals surface area (Å²) in [5, 5.41) is 2.83. The zero-order valence-electron chi connectivity index (χ0n) is 15.8. The Bertz CT molecular complexity index is 1090. The van der Waals surface area contributed by atoms with E-state index in [0.717, 1.165) is 21.3 Å². The number of hydrogen-bond acceptors (Lipinski definition) is 3. The van der Waals surface area contributed by atoms with Gasteiger partial charge in [-0.05, 0) is 60.5 Å². The Hall–Kier alpha value is -2.57. The minimum absolute atomic E-state index is 0.0918. The van der Waals surface area contributed by atoms with Gasteiger partial charge in [-0.3, -0.25) is 14.5 Å². The molecule has 0 saturated carbocycles. The van der Waals surface area contributed by atoms with Gasteiger partial charge in [0.25, 0.3) is 5.91 Å². The lowest BCUT2D eigenvalue weighted by Crippen LogP contribution is -2.27. The Morgan fingerprint density at radius 2 is 1.86 bits per heavy atom. The van der Waals surface area contributed by atoms with Crippen molar-refractivity contribution in [2.75, 3.05) is 16.0 Å². The highest BCUT2D eigenvalue weighted by atomic mass is 79.9. The van der Waals surface area contributed by atoms with E-state index in [2.05, 4.69) is 21.2 Å². The van der Waals surface area contributed by atoms with Crippen molar-refractivity contribution in [2.45, 2.75) is 12.3 Å². The summed E-state index contributed by atoms with van der Waals surface area (Å²) in [6.07, 6.45) is 0. The minimum Gasteiger partial charge on any atom is -0.322 e. The molecule has 0 aromatic heterocycles. The monoisotopic (exact) mass is 466 g/mol. The van der Waals surface area contributed by atoms with Gasteiger partial charge in [0.15, 0.2) is 0 Å². The fourth-order valence-electron chi connectivity index (χ4n) is 3.33. The van der Waals surface area contributed by atoms with Gasteiger partial charge in [0.1, 0.15) is 5.37 Å². The van der Waals surface area contributed by atoms with Crippen LogP contribution in [0.1, 0.15) is 26.9 Å². The van der Waals surface area contributed by atoms with Crippen LogP contribution in [0.3, 0.4) is 0 Å². The van der Waals surface area contributed by atoms with Gasteiger partial charge in [-0.25, -0.2) is 0 Å². The first-order valence-electron chi connectivity index (χ1n) is 9.18.